The van der Waals surface area contributed by atoms with Crippen LogP contribution in [-0.2, 0) is 29.0 Å². The number of aromatic nitrogens is 1. The summed E-state index contributed by atoms with van der Waals surface area (Å²) >= 11 is 12.4. The van der Waals surface area contributed by atoms with Gasteiger partial charge >= 0.3 is 6.68 Å². The van der Waals surface area contributed by atoms with Crippen LogP contribution in [0.2, 0.25) is 10.0 Å². The third kappa shape index (κ3) is 6.74. The van der Waals surface area contributed by atoms with E-state index in [0.29, 0.717) is 23.1 Å². The molecule has 1 saturated heterocycles. The number of nitrogens with zero attached hydrogens (tertiary/aromatic N) is 2. The van der Waals surface area contributed by atoms with Gasteiger partial charge < -0.3 is 15.5 Å². The smallest absolute Gasteiger partial charge is 0.379 e. The summed E-state index contributed by atoms with van der Waals surface area (Å²) in [7, 11) is 1.74. The molecule has 0 bridgehead atoms. The lowest BCUT2D eigenvalue weighted by Gasteiger charge is -2.20. The van der Waals surface area contributed by atoms with E-state index in [1.165, 1.54) is 5.56 Å². The number of pyridine rings is 1. The van der Waals surface area contributed by atoms with Crippen molar-refractivity contribution in [2.75, 3.05) is 18.9 Å². The molecule has 0 saturated carbocycles. The second-order valence-electron chi connectivity index (χ2n) is 7.93. The highest BCUT2D eigenvalue weighted by atomic mass is 35.5. The molecule has 2 aromatic rings. The van der Waals surface area contributed by atoms with Crippen LogP contribution in [0.15, 0.2) is 30.5 Å². The molecule has 11 heteroatoms. The van der Waals surface area contributed by atoms with Gasteiger partial charge in [0.1, 0.15) is 0 Å². The molecule has 1 aliphatic carbocycles. The molecule has 0 radical (unpaired) electrons. The summed E-state index contributed by atoms with van der Waals surface area (Å²) in [5.41, 5.74) is 4.06. The number of rotatable bonds is 5. The quantitative estimate of drug-likeness (QED) is 0.641. The van der Waals surface area contributed by atoms with Gasteiger partial charge in [0.05, 0.1) is 40.1 Å². The maximum Gasteiger partial charge on any atom is 0.379 e. The van der Waals surface area contributed by atoms with Gasteiger partial charge in [-0.1, -0.05) is 29.3 Å². The summed E-state index contributed by atoms with van der Waals surface area (Å²) in [6.07, 6.45) is 3.76. The van der Waals surface area contributed by atoms with Gasteiger partial charge in [-0.25, -0.2) is 0 Å². The van der Waals surface area contributed by atoms with E-state index in [0.717, 1.165) is 29.8 Å². The van der Waals surface area contributed by atoms with Crippen LogP contribution >= 0.6 is 23.2 Å². The van der Waals surface area contributed by atoms with Gasteiger partial charge in [0.15, 0.2) is 0 Å². The molecule has 1 aromatic carbocycles. The summed E-state index contributed by atoms with van der Waals surface area (Å²) in [5, 5.41) is 7.43. The summed E-state index contributed by atoms with van der Waals surface area (Å²) in [5.74, 6) is -0.382. The molecule has 2 unspecified atom stereocenters. The van der Waals surface area contributed by atoms with E-state index >= 15 is 0 Å². The third-order valence-electron chi connectivity index (χ3n) is 5.51. The van der Waals surface area contributed by atoms with Crippen LogP contribution in [-0.4, -0.2) is 48.0 Å². The Morgan fingerprint density at radius 1 is 1.21 bits per heavy atom. The Morgan fingerprint density at radius 2 is 1.94 bits per heavy atom. The largest absolute Gasteiger partial charge is 0.380 e. The zero-order chi connectivity index (χ0) is 24.1. The number of amides is 2. The van der Waals surface area contributed by atoms with Crippen molar-refractivity contribution in [3.05, 3.63) is 57.3 Å². The van der Waals surface area contributed by atoms with Gasteiger partial charge in [-0.2, -0.15) is 13.2 Å². The van der Waals surface area contributed by atoms with Crippen molar-refractivity contribution >= 4 is 40.7 Å². The van der Waals surface area contributed by atoms with E-state index in [9.17, 15) is 22.8 Å². The summed E-state index contributed by atoms with van der Waals surface area (Å²) < 4.78 is 29.0. The van der Waals surface area contributed by atoms with E-state index in [1.807, 2.05) is 24.3 Å². The van der Waals surface area contributed by atoms with Gasteiger partial charge in [-0.05, 0) is 42.2 Å². The predicted octanol–water partition coefficient (Wildman–Crippen LogP) is 4.24. The summed E-state index contributed by atoms with van der Waals surface area (Å²) in [6, 6.07) is 8.00. The molecule has 2 N–H and O–H groups in total. The number of hydrogen-bond donors (Lipinski definition) is 2. The van der Waals surface area contributed by atoms with E-state index in [1.54, 1.807) is 18.1 Å². The fourth-order valence-corrected chi connectivity index (χ4v) is 4.42. The normalized spacial score (nSPS) is 18.9. The zero-order valence-electron chi connectivity index (χ0n) is 17.8. The fraction of sp³-hybridized carbons (Fsp3) is 0.409. The molecular formula is C22H23Cl2F3N4O2. The van der Waals surface area contributed by atoms with Crippen LogP contribution in [0.5, 0.6) is 0 Å². The molecule has 2 atom stereocenters. The highest BCUT2D eigenvalue weighted by Crippen LogP contribution is 2.35. The lowest BCUT2D eigenvalue weighted by molar-refractivity contribution is -0.135. The molecule has 1 aromatic heterocycles. The molecule has 2 aliphatic rings. The van der Waals surface area contributed by atoms with Gasteiger partial charge in [0.2, 0.25) is 11.8 Å². The second-order valence-corrected chi connectivity index (χ2v) is 8.72. The van der Waals surface area contributed by atoms with Gasteiger partial charge in [0.25, 0.3) is 0 Å². The van der Waals surface area contributed by atoms with Crippen molar-refractivity contribution in [3.63, 3.8) is 0 Å². The first-order valence-electron chi connectivity index (χ1n) is 10.2. The van der Waals surface area contributed by atoms with Crippen LogP contribution in [0.3, 0.4) is 0 Å². The van der Waals surface area contributed by atoms with Crippen LogP contribution in [0.1, 0.15) is 23.2 Å². The maximum atomic E-state index is 12.4. The zero-order valence-corrected chi connectivity index (χ0v) is 19.3. The summed E-state index contributed by atoms with van der Waals surface area (Å²) in [6.45, 7) is -2.84. The van der Waals surface area contributed by atoms with Crippen LogP contribution in [0.4, 0.5) is 18.9 Å². The highest BCUT2D eigenvalue weighted by molar-refractivity contribution is 6.42. The average Bonchev–Trinajstić information content (AvgIpc) is 3.37. The molecule has 178 valence electrons. The number of carbonyl (C=O) groups is 2. The number of fused-ring (bicyclic) bond motifs is 1. The lowest BCUT2D eigenvalue weighted by Crippen LogP contribution is -2.33. The van der Waals surface area contributed by atoms with E-state index < -0.39 is 6.68 Å². The fourth-order valence-electron chi connectivity index (χ4n) is 3.98. The first-order chi connectivity index (χ1) is 15.6. The number of alkyl halides is 3. The number of nitrogens with one attached hydrogen (secondary N) is 2. The number of halogens is 5. The van der Waals surface area contributed by atoms with Gasteiger partial charge in [-0.3, -0.25) is 14.6 Å². The molecule has 1 fully saturated rings. The molecule has 2 heterocycles. The molecule has 6 nitrogen and oxygen atoms in total. The molecule has 2 amide bonds. The van der Waals surface area contributed by atoms with Gasteiger partial charge in [0, 0.05) is 26.1 Å². The molecular weight excluding hydrogens is 480 g/mol. The molecule has 4 rings (SSSR count). The second kappa shape index (κ2) is 11.1. The number of carbonyl (C=O) groups excluding carboxylic acids is 2. The Balaban J connectivity index is 0.000000709. The summed E-state index contributed by atoms with van der Waals surface area (Å²) in [4.78, 5) is 29.8. The standard InChI is InChI=1S/C21H22Cl2N4O2.CHF3/c1-27(21(29)13-7-19(28)25-9-13)11-15-4-3-14(10-24-15)26-16-6-12-2-5-18(22)20(23)17(12)8-16;2-1(3)4/h2-5,10,13,16,26H,6-9,11H2,1H3,(H,25,28);1H. The van der Waals surface area contributed by atoms with Crippen molar-refractivity contribution in [2.24, 2.45) is 5.92 Å². The Kier molecular flexibility index (Phi) is 8.42. The minimum atomic E-state index is -3.67. The van der Waals surface area contributed by atoms with E-state index in [-0.39, 0.29) is 30.2 Å². The van der Waals surface area contributed by atoms with Crippen molar-refractivity contribution in [1.82, 2.24) is 15.2 Å². The first kappa shape index (κ1) is 25.1. The van der Waals surface area contributed by atoms with E-state index in [4.69, 9.17) is 23.2 Å². The number of anilines is 1. The predicted molar refractivity (Wildman–Crippen MR) is 120 cm³/mol. The Bertz CT molecular complexity index is 1010. The minimum Gasteiger partial charge on any atom is -0.380 e. The van der Waals surface area contributed by atoms with Crippen LogP contribution < -0.4 is 10.6 Å². The first-order valence-corrected chi connectivity index (χ1v) is 11.0. The average molecular weight is 503 g/mol. The number of benzene rings is 1. The third-order valence-corrected chi connectivity index (χ3v) is 6.35. The topological polar surface area (TPSA) is 74.3 Å². The SMILES string of the molecule is CN(Cc1ccc(NC2Cc3ccc(Cl)c(Cl)c3C2)cn1)C(=O)C1CNC(=O)C1.FC(F)F. The molecule has 0 spiro atoms. The highest BCUT2D eigenvalue weighted by Gasteiger charge is 2.30. The van der Waals surface area contributed by atoms with Crippen molar-refractivity contribution in [3.8, 4) is 0 Å². The van der Waals surface area contributed by atoms with Crippen molar-refractivity contribution < 1.29 is 22.8 Å². The molecule has 33 heavy (non-hydrogen) atoms. The minimum absolute atomic E-state index is 0.0355. The monoisotopic (exact) mass is 502 g/mol. The Labute approximate surface area is 199 Å². The maximum absolute atomic E-state index is 12.4. The number of hydrogen-bond acceptors (Lipinski definition) is 4. The van der Waals surface area contributed by atoms with Crippen molar-refractivity contribution in [1.29, 1.82) is 0 Å². The van der Waals surface area contributed by atoms with Crippen LogP contribution in [0.25, 0.3) is 0 Å². The van der Waals surface area contributed by atoms with Gasteiger partial charge in [-0.15, -0.1) is 0 Å². The van der Waals surface area contributed by atoms with Crippen LogP contribution in [0, 0.1) is 5.92 Å². The Morgan fingerprint density at radius 3 is 2.55 bits per heavy atom. The molecule has 1 aliphatic heterocycles. The van der Waals surface area contributed by atoms with Crippen molar-refractivity contribution in [2.45, 2.75) is 38.5 Å². The lowest BCUT2D eigenvalue weighted by atomic mass is 10.1. The van der Waals surface area contributed by atoms with E-state index in [2.05, 4.69) is 15.6 Å². The Hall–Kier alpha value is -2.52.